The van der Waals surface area contributed by atoms with E-state index in [1.165, 1.54) is 0 Å². The van der Waals surface area contributed by atoms with Crippen LogP contribution in [0.25, 0.3) is 11.0 Å². The maximum absolute atomic E-state index is 12.6. The minimum Gasteiger partial charge on any atom is -0.369 e. The molecule has 0 radical (unpaired) electrons. The number of anilines is 2. The van der Waals surface area contributed by atoms with E-state index in [1.54, 1.807) is 4.90 Å². The number of imidazole rings is 1. The van der Waals surface area contributed by atoms with Crippen molar-refractivity contribution in [3.05, 3.63) is 17.7 Å². The van der Waals surface area contributed by atoms with Gasteiger partial charge in [-0.3, -0.25) is 9.69 Å². The van der Waals surface area contributed by atoms with E-state index < -0.39 is 5.41 Å². The van der Waals surface area contributed by atoms with Gasteiger partial charge < -0.3 is 10.7 Å². The number of nitrogen functional groups attached to an aromatic ring is 1. The van der Waals surface area contributed by atoms with E-state index in [4.69, 9.17) is 12.2 Å². The second kappa shape index (κ2) is 3.76. The lowest BCUT2D eigenvalue weighted by Gasteiger charge is -2.23. The molecule has 102 valence electrons. The lowest BCUT2D eigenvalue weighted by atomic mass is 9.86. The van der Waals surface area contributed by atoms with Crippen LogP contribution in [0.2, 0.25) is 0 Å². The number of H-pyrrole nitrogens is 1. The van der Waals surface area contributed by atoms with E-state index >= 15 is 0 Å². The van der Waals surface area contributed by atoms with Crippen molar-refractivity contribution < 1.29 is 4.79 Å². The van der Waals surface area contributed by atoms with E-state index in [2.05, 4.69) is 15.9 Å². The molecule has 5 nitrogen and oxygen atoms in total. The van der Waals surface area contributed by atoms with Gasteiger partial charge in [0.25, 0.3) is 0 Å². The summed E-state index contributed by atoms with van der Waals surface area (Å²) >= 11 is 0. The topological polar surface area (TPSA) is 75.0 Å². The second-order valence-corrected chi connectivity index (χ2v) is 5.65. The van der Waals surface area contributed by atoms with Crippen molar-refractivity contribution in [3.63, 3.8) is 0 Å². The monoisotopic (exact) mass is 268 g/mol. The van der Waals surface area contributed by atoms with Crippen LogP contribution in [0.3, 0.4) is 0 Å². The average molecular weight is 268 g/mol. The van der Waals surface area contributed by atoms with E-state index in [9.17, 15) is 4.79 Å². The predicted molar refractivity (Wildman–Crippen MR) is 79.3 cm³/mol. The summed E-state index contributed by atoms with van der Waals surface area (Å²) in [5.74, 6) is 3.00. The van der Waals surface area contributed by atoms with Gasteiger partial charge in [-0.05, 0) is 38.5 Å². The van der Waals surface area contributed by atoms with Gasteiger partial charge in [0.1, 0.15) is 0 Å². The molecule has 0 unspecified atom stereocenters. The summed E-state index contributed by atoms with van der Waals surface area (Å²) in [7, 11) is 0. The quantitative estimate of drug-likeness (QED) is 0.774. The molecule has 1 aromatic carbocycles. The number of aromatic amines is 1. The summed E-state index contributed by atoms with van der Waals surface area (Å²) in [4.78, 5) is 21.5. The molecule has 1 amide bonds. The van der Waals surface area contributed by atoms with Gasteiger partial charge in [0.2, 0.25) is 5.91 Å². The molecule has 0 fully saturated rings. The lowest BCUT2D eigenvalue weighted by molar-refractivity contribution is -0.122. The number of nitrogens with two attached hydrogens (primary N) is 1. The highest BCUT2D eigenvalue weighted by molar-refractivity contribution is 6.10. The Morgan fingerprint density at radius 2 is 2.20 bits per heavy atom. The number of carbonyl (C=O) groups is 1. The highest BCUT2D eigenvalue weighted by Gasteiger charge is 2.45. The summed E-state index contributed by atoms with van der Waals surface area (Å²) in [5, 5.41) is 0. The summed E-state index contributed by atoms with van der Waals surface area (Å²) < 4.78 is 0. The molecule has 1 aliphatic heterocycles. The number of fused-ring (bicyclic) bond motifs is 2. The van der Waals surface area contributed by atoms with Crippen LogP contribution in [0, 0.1) is 12.3 Å². The van der Waals surface area contributed by atoms with Crippen LogP contribution >= 0.6 is 0 Å². The van der Waals surface area contributed by atoms with Gasteiger partial charge >= 0.3 is 0 Å². The van der Waals surface area contributed by atoms with Crippen molar-refractivity contribution in [2.24, 2.45) is 0 Å². The molecule has 5 heteroatoms. The summed E-state index contributed by atoms with van der Waals surface area (Å²) in [5.41, 5.74) is 8.41. The molecule has 0 aliphatic carbocycles. The molecular formula is C15H16N4O. The molecule has 1 aliphatic rings. The first kappa shape index (κ1) is 12.5. The van der Waals surface area contributed by atoms with Crippen LogP contribution in [0.5, 0.6) is 0 Å². The number of benzene rings is 1. The Morgan fingerprint density at radius 1 is 1.50 bits per heavy atom. The van der Waals surface area contributed by atoms with Crippen LogP contribution < -0.4 is 10.6 Å². The number of rotatable bonds is 1. The number of terminal acetylenes is 1. The van der Waals surface area contributed by atoms with Crippen LogP contribution in [0.1, 0.15) is 26.3 Å². The Balaban J connectivity index is 2.31. The van der Waals surface area contributed by atoms with Gasteiger partial charge in [0.15, 0.2) is 5.95 Å². The summed E-state index contributed by atoms with van der Waals surface area (Å²) in [6.07, 6.45) is 5.49. The highest BCUT2D eigenvalue weighted by Crippen LogP contribution is 2.44. The van der Waals surface area contributed by atoms with Gasteiger partial charge in [-0.1, -0.05) is 5.92 Å². The Hall–Kier alpha value is -2.48. The number of hydrogen-bond donors (Lipinski definition) is 2. The fraction of sp³-hybridized carbons (Fsp3) is 0.333. The maximum atomic E-state index is 12.6. The van der Waals surface area contributed by atoms with E-state index in [-0.39, 0.29) is 11.9 Å². The predicted octanol–water partition coefficient (Wildman–Crippen LogP) is 1.79. The third-order valence-electron chi connectivity index (χ3n) is 3.93. The van der Waals surface area contributed by atoms with Crippen molar-refractivity contribution in [2.45, 2.75) is 32.2 Å². The zero-order valence-electron chi connectivity index (χ0n) is 11.7. The number of aromatic nitrogens is 2. The van der Waals surface area contributed by atoms with Gasteiger partial charge in [-0.25, -0.2) is 4.98 Å². The van der Waals surface area contributed by atoms with Gasteiger partial charge in [-0.2, -0.15) is 0 Å². The SMILES string of the molecule is C#C[C@H](C)N1C(=O)C(C)(C)c2cc3nc(N)[nH]c3cc21. The average Bonchev–Trinajstić information content (AvgIpc) is 2.83. The first-order valence-electron chi connectivity index (χ1n) is 6.45. The standard InChI is InChI=1S/C15H16N4O/c1-5-8(2)19-12-7-11-10(17-14(16)18-11)6-9(12)15(3,4)13(19)20/h1,6-8H,2-4H3,(H3,16,17,18)/t8-/m0/s1. The fourth-order valence-corrected chi connectivity index (χ4v) is 2.75. The Labute approximate surface area is 117 Å². The van der Waals surface area contributed by atoms with Gasteiger partial charge in [0.05, 0.1) is 28.2 Å². The largest absolute Gasteiger partial charge is 0.369 e. The normalized spacial score (nSPS) is 18.1. The summed E-state index contributed by atoms with van der Waals surface area (Å²) in [6, 6.07) is 3.52. The number of amides is 1. The van der Waals surface area contributed by atoms with E-state index in [1.807, 2.05) is 32.9 Å². The molecule has 3 rings (SSSR count). The molecule has 0 saturated heterocycles. The molecule has 0 spiro atoms. The first-order valence-corrected chi connectivity index (χ1v) is 6.45. The minimum absolute atomic E-state index is 0.0126. The van der Waals surface area contributed by atoms with Crippen LogP contribution in [-0.4, -0.2) is 21.9 Å². The highest BCUT2D eigenvalue weighted by atomic mass is 16.2. The first-order chi connectivity index (χ1) is 9.36. The molecule has 1 aromatic heterocycles. The number of nitrogens with one attached hydrogen (secondary N) is 1. The molecule has 2 aromatic rings. The Bertz CT molecular complexity index is 766. The van der Waals surface area contributed by atoms with Crippen molar-refractivity contribution >= 4 is 28.6 Å². The second-order valence-electron chi connectivity index (χ2n) is 5.65. The smallest absolute Gasteiger partial charge is 0.238 e. The molecule has 0 saturated carbocycles. The lowest BCUT2D eigenvalue weighted by Crippen LogP contribution is -2.41. The van der Waals surface area contributed by atoms with Crippen molar-refractivity contribution in [1.29, 1.82) is 0 Å². The zero-order chi connectivity index (χ0) is 14.7. The minimum atomic E-state index is -0.609. The number of carbonyl (C=O) groups excluding carboxylic acids is 1. The molecular weight excluding hydrogens is 252 g/mol. The van der Waals surface area contributed by atoms with Gasteiger partial charge in [-0.15, -0.1) is 6.42 Å². The zero-order valence-corrected chi connectivity index (χ0v) is 11.7. The fourth-order valence-electron chi connectivity index (χ4n) is 2.75. The Morgan fingerprint density at radius 3 is 2.85 bits per heavy atom. The number of nitrogens with zero attached hydrogens (tertiary/aromatic N) is 2. The van der Waals surface area contributed by atoms with Crippen molar-refractivity contribution in [1.82, 2.24) is 9.97 Å². The van der Waals surface area contributed by atoms with Crippen LogP contribution in [-0.2, 0) is 10.2 Å². The van der Waals surface area contributed by atoms with E-state index in [0.29, 0.717) is 5.95 Å². The molecule has 2 heterocycles. The molecule has 1 atom stereocenters. The Kier molecular flexibility index (Phi) is 2.36. The third-order valence-corrected chi connectivity index (χ3v) is 3.93. The van der Waals surface area contributed by atoms with Crippen LogP contribution in [0.4, 0.5) is 11.6 Å². The summed E-state index contributed by atoms with van der Waals surface area (Å²) in [6.45, 7) is 5.65. The van der Waals surface area contributed by atoms with Crippen molar-refractivity contribution in [3.8, 4) is 12.3 Å². The van der Waals surface area contributed by atoms with E-state index in [0.717, 1.165) is 22.3 Å². The molecule has 0 bridgehead atoms. The molecule has 3 N–H and O–H groups in total. The molecule has 20 heavy (non-hydrogen) atoms. The third kappa shape index (κ3) is 1.45. The van der Waals surface area contributed by atoms with Crippen molar-refractivity contribution in [2.75, 3.05) is 10.6 Å². The van der Waals surface area contributed by atoms with Gasteiger partial charge in [0, 0.05) is 0 Å². The van der Waals surface area contributed by atoms with Crippen LogP contribution in [0.15, 0.2) is 12.1 Å². The number of hydrogen-bond acceptors (Lipinski definition) is 3. The maximum Gasteiger partial charge on any atom is 0.238 e.